The van der Waals surface area contributed by atoms with Crippen LogP contribution in [0.4, 0.5) is 4.39 Å². The lowest BCUT2D eigenvalue weighted by Crippen LogP contribution is -2.44. The van der Waals surface area contributed by atoms with Crippen LogP contribution in [0, 0.1) is 0 Å². The summed E-state index contributed by atoms with van der Waals surface area (Å²) >= 11 is 0. The molecule has 0 radical (unpaired) electrons. The van der Waals surface area contributed by atoms with Crippen LogP contribution in [0.5, 0.6) is 0 Å². The molecule has 0 rings (SSSR count). The molecule has 0 aliphatic heterocycles. The summed E-state index contributed by atoms with van der Waals surface area (Å²) in [5, 5.41) is 5.17. The van der Waals surface area contributed by atoms with Gasteiger partial charge in [0, 0.05) is 13.0 Å². The molecule has 0 heterocycles. The van der Waals surface area contributed by atoms with Crippen LogP contribution in [0.15, 0.2) is 0 Å². The fourth-order valence-electron chi connectivity index (χ4n) is 1.69. The molecule has 0 aliphatic carbocycles. The summed E-state index contributed by atoms with van der Waals surface area (Å²) in [5.74, 6) is -0.383. The van der Waals surface area contributed by atoms with Crippen LogP contribution in [-0.4, -0.2) is 69.2 Å². The van der Waals surface area contributed by atoms with Gasteiger partial charge in [0.15, 0.2) is 0 Å². The number of halogens is 1. The van der Waals surface area contributed by atoms with Gasteiger partial charge in [-0.05, 0) is 27.7 Å². The van der Waals surface area contributed by atoms with Gasteiger partial charge in [0.05, 0.1) is 38.1 Å². The van der Waals surface area contributed by atoms with Crippen molar-refractivity contribution in [3.8, 4) is 0 Å². The summed E-state index contributed by atoms with van der Waals surface area (Å²) in [6.45, 7) is 9.86. The summed E-state index contributed by atoms with van der Waals surface area (Å²) in [5.41, 5.74) is -1.02. The highest BCUT2D eigenvalue weighted by atomic mass is 19.1. The van der Waals surface area contributed by atoms with Gasteiger partial charge < -0.3 is 24.8 Å². The molecule has 0 bridgehead atoms. The van der Waals surface area contributed by atoms with Gasteiger partial charge in [-0.3, -0.25) is 9.59 Å². The van der Waals surface area contributed by atoms with Gasteiger partial charge >= 0.3 is 0 Å². The van der Waals surface area contributed by atoms with E-state index in [0.29, 0.717) is 19.6 Å². The van der Waals surface area contributed by atoms with Crippen molar-refractivity contribution in [1.29, 1.82) is 0 Å². The van der Waals surface area contributed by atoms with Crippen molar-refractivity contribution in [2.45, 2.75) is 58.9 Å². The highest BCUT2D eigenvalue weighted by molar-refractivity contribution is 5.77. The Kier molecular flexibility index (Phi) is 12.4. The van der Waals surface area contributed by atoms with Gasteiger partial charge in [0.2, 0.25) is 11.8 Å². The number of rotatable bonds is 14. The van der Waals surface area contributed by atoms with Crippen molar-refractivity contribution in [1.82, 2.24) is 10.6 Å². The summed E-state index contributed by atoms with van der Waals surface area (Å²) in [7, 11) is 0. The quantitative estimate of drug-likeness (QED) is 0.453. The summed E-state index contributed by atoms with van der Waals surface area (Å²) in [6.07, 6.45) is -0.984. The lowest BCUT2D eigenvalue weighted by atomic mass is 10.0. The third-order valence-corrected chi connectivity index (χ3v) is 3.37. The van der Waals surface area contributed by atoms with Crippen LogP contribution in [0.3, 0.4) is 0 Å². The molecule has 0 aromatic rings. The minimum absolute atomic E-state index is 0.0112. The first-order valence-corrected chi connectivity index (χ1v) is 8.69. The Hall–Kier alpha value is -1.25. The van der Waals surface area contributed by atoms with Crippen molar-refractivity contribution < 1.29 is 28.2 Å². The van der Waals surface area contributed by atoms with Gasteiger partial charge in [0.25, 0.3) is 0 Å². The first-order valence-electron chi connectivity index (χ1n) is 8.69. The molecule has 2 N–H and O–H groups in total. The lowest BCUT2D eigenvalue weighted by molar-refractivity contribution is -0.127. The third-order valence-electron chi connectivity index (χ3n) is 3.37. The zero-order valence-corrected chi connectivity index (χ0v) is 16.0. The molecule has 0 spiro atoms. The number of nitrogens with one attached hydrogen (secondary N) is 2. The topological polar surface area (TPSA) is 85.9 Å². The number of hydrogen-bond donors (Lipinski definition) is 2. The average molecular weight is 364 g/mol. The smallest absolute Gasteiger partial charge is 0.246 e. The second-order valence-corrected chi connectivity index (χ2v) is 6.40. The van der Waals surface area contributed by atoms with Gasteiger partial charge in [-0.2, -0.15) is 0 Å². The van der Waals surface area contributed by atoms with Crippen LogP contribution in [0.25, 0.3) is 0 Å². The minimum atomic E-state index is -1.32. The standard InChI is InChI=1S/C17H33FN2O5/c1-6-15(21)20-11-14(18)17(4,5)25-10-9-23-8-7-19-16(22)12-24-13(2)3/h13-14H,6-12H2,1-5H3,(H,19,22)(H,20,21). The summed E-state index contributed by atoms with van der Waals surface area (Å²) < 4.78 is 30.1. The van der Waals surface area contributed by atoms with E-state index in [2.05, 4.69) is 10.6 Å². The molecule has 0 fully saturated rings. The van der Waals surface area contributed by atoms with Crippen LogP contribution >= 0.6 is 0 Å². The Bertz CT molecular complexity index is 391. The Morgan fingerprint density at radius 3 is 2.36 bits per heavy atom. The van der Waals surface area contributed by atoms with Gasteiger partial charge in [-0.1, -0.05) is 6.92 Å². The van der Waals surface area contributed by atoms with E-state index in [9.17, 15) is 14.0 Å². The Morgan fingerprint density at radius 1 is 1.08 bits per heavy atom. The second kappa shape index (κ2) is 13.0. The van der Waals surface area contributed by atoms with E-state index in [-0.39, 0.29) is 44.3 Å². The summed E-state index contributed by atoms with van der Waals surface area (Å²) in [4.78, 5) is 22.5. The first kappa shape index (κ1) is 23.8. The van der Waals surface area contributed by atoms with E-state index in [1.165, 1.54) is 0 Å². The third kappa shape index (κ3) is 12.7. The SMILES string of the molecule is CCC(=O)NCC(F)C(C)(C)OCCOCCNC(=O)COC(C)C. The maximum atomic E-state index is 14.1. The van der Waals surface area contributed by atoms with Crippen molar-refractivity contribution >= 4 is 11.8 Å². The van der Waals surface area contributed by atoms with Gasteiger partial charge in [-0.15, -0.1) is 0 Å². The molecule has 25 heavy (non-hydrogen) atoms. The van der Waals surface area contributed by atoms with E-state index in [4.69, 9.17) is 14.2 Å². The van der Waals surface area contributed by atoms with Gasteiger partial charge in [0.1, 0.15) is 12.8 Å². The van der Waals surface area contributed by atoms with Crippen LogP contribution in [0.1, 0.15) is 41.0 Å². The van der Waals surface area contributed by atoms with E-state index in [1.54, 1.807) is 20.8 Å². The molecule has 7 nitrogen and oxygen atoms in total. The average Bonchev–Trinajstić information content (AvgIpc) is 2.56. The van der Waals surface area contributed by atoms with Crippen molar-refractivity contribution in [2.75, 3.05) is 39.5 Å². The number of amides is 2. The molecule has 2 amide bonds. The highest BCUT2D eigenvalue weighted by Gasteiger charge is 2.30. The number of alkyl halides is 1. The fraction of sp³-hybridized carbons (Fsp3) is 0.882. The van der Waals surface area contributed by atoms with Gasteiger partial charge in [-0.25, -0.2) is 4.39 Å². The molecular weight excluding hydrogens is 331 g/mol. The monoisotopic (exact) mass is 364 g/mol. The largest absolute Gasteiger partial charge is 0.377 e. The maximum Gasteiger partial charge on any atom is 0.246 e. The number of hydrogen-bond acceptors (Lipinski definition) is 5. The Morgan fingerprint density at radius 2 is 1.76 bits per heavy atom. The number of ether oxygens (including phenoxy) is 3. The van der Waals surface area contributed by atoms with Crippen molar-refractivity contribution in [3.05, 3.63) is 0 Å². The van der Waals surface area contributed by atoms with E-state index in [1.807, 2.05) is 13.8 Å². The molecule has 1 atom stereocenters. The maximum absolute atomic E-state index is 14.1. The second-order valence-electron chi connectivity index (χ2n) is 6.40. The van der Waals surface area contributed by atoms with E-state index in [0.717, 1.165) is 0 Å². The summed E-state index contributed by atoms with van der Waals surface area (Å²) in [6, 6.07) is 0. The fourth-order valence-corrected chi connectivity index (χ4v) is 1.69. The zero-order valence-electron chi connectivity index (χ0n) is 16.0. The highest BCUT2D eigenvalue weighted by Crippen LogP contribution is 2.17. The Balaban J connectivity index is 3.71. The van der Waals surface area contributed by atoms with Crippen LogP contribution in [0.2, 0.25) is 0 Å². The number of carbonyl (C=O) groups excluding carboxylic acids is 2. The molecule has 0 aromatic carbocycles. The molecule has 0 saturated heterocycles. The molecule has 148 valence electrons. The van der Waals surface area contributed by atoms with Crippen molar-refractivity contribution in [2.24, 2.45) is 0 Å². The van der Waals surface area contributed by atoms with Crippen LogP contribution < -0.4 is 10.6 Å². The van der Waals surface area contributed by atoms with E-state index >= 15 is 0 Å². The molecule has 0 aromatic heterocycles. The van der Waals surface area contributed by atoms with Crippen LogP contribution in [-0.2, 0) is 23.8 Å². The minimum Gasteiger partial charge on any atom is -0.377 e. The zero-order chi connectivity index (χ0) is 19.3. The molecule has 1 unspecified atom stereocenters. The van der Waals surface area contributed by atoms with E-state index < -0.39 is 11.8 Å². The van der Waals surface area contributed by atoms with Crippen molar-refractivity contribution in [3.63, 3.8) is 0 Å². The normalized spacial score (nSPS) is 12.9. The lowest BCUT2D eigenvalue weighted by Gasteiger charge is -2.29. The Labute approximate surface area is 150 Å². The number of carbonyl (C=O) groups is 2. The molecule has 0 saturated carbocycles. The predicted octanol–water partition coefficient (Wildman–Crippen LogP) is 1.20. The first-order chi connectivity index (χ1) is 11.7. The predicted molar refractivity (Wildman–Crippen MR) is 93.1 cm³/mol. The molecular formula is C17H33FN2O5. The molecule has 8 heteroatoms. The molecule has 0 aliphatic rings.